The number of ether oxygens (including phenoxy) is 2. The van der Waals surface area contributed by atoms with Crippen LogP contribution in [0.3, 0.4) is 0 Å². The molecule has 1 heterocycles. The molecule has 2 aliphatic rings. The molecule has 34 heavy (non-hydrogen) atoms. The first-order chi connectivity index (χ1) is 16.4. The SMILES string of the molecule is COc1ccc(F)c(-c2ccc(C3CCc4ccc([C@H](C5CC5)[C@@H](C)C(=O)O)cc4O3)cc2)c1. The van der Waals surface area contributed by atoms with Gasteiger partial charge in [-0.2, -0.15) is 0 Å². The minimum Gasteiger partial charge on any atom is -0.497 e. The van der Waals surface area contributed by atoms with Crippen molar-refractivity contribution in [2.75, 3.05) is 7.11 Å². The smallest absolute Gasteiger partial charge is 0.306 e. The van der Waals surface area contributed by atoms with Crippen LogP contribution in [0.1, 0.15) is 54.9 Å². The first-order valence-electron chi connectivity index (χ1n) is 11.9. The zero-order chi connectivity index (χ0) is 23.8. The molecule has 176 valence electrons. The van der Waals surface area contributed by atoms with Crippen LogP contribution in [0.5, 0.6) is 11.5 Å². The Hall–Kier alpha value is -3.34. The quantitative estimate of drug-likeness (QED) is 0.422. The molecular formula is C29H29FO4. The first kappa shape index (κ1) is 22.5. The highest BCUT2D eigenvalue weighted by atomic mass is 19.1. The molecular weight excluding hydrogens is 431 g/mol. The van der Waals surface area contributed by atoms with Crippen molar-refractivity contribution in [1.82, 2.24) is 0 Å². The van der Waals surface area contributed by atoms with Crippen LogP contribution < -0.4 is 9.47 Å². The molecule has 1 saturated carbocycles. The lowest BCUT2D eigenvalue weighted by atomic mass is 9.82. The molecule has 0 aromatic heterocycles. The fourth-order valence-electron chi connectivity index (χ4n) is 5.14. The van der Waals surface area contributed by atoms with Gasteiger partial charge in [0, 0.05) is 5.56 Å². The van der Waals surface area contributed by atoms with E-state index in [1.165, 1.54) is 6.07 Å². The van der Waals surface area contributed by atoms with Gasteiger partial charge in [0.2, 0.25) is 0 Å². The third kappa shape index (κ3) is 4.39. The lowest BCUT2D eigenvalue weighted by Crippen LogP contribution is -2.21. The van der Waals surface area contributed by atoms with E-state index in [1.54, 1.807) is 26.2 Å². The minimum absolute atomic E-state index is 0.0174. The maximum absolute atomic E-state index is 14.4. The van der Waals surface area contributed by atoms with E-state index in [9.17, 15) is 14.3 Å². The third-order valence-corrected chi connectivity index (χ3v) is 7.25. The van der Waals surface area contributed by atoms with E-state index in [0.29, 0.717) is 17.2 Å². The Balaban J connectivity index is 1.37. The average molecular weight is 461 g/mol. The summed E-state index contributed by atoms with van der Waals surface area (Å²) in [5, 5.41) is 9.61. The summed E-state index contributed by atoms with van der Waals surface area (Å²) in [5.41, 5.74) is 4.55. The molecule has 1 unspecified atom stereocenters. The summed E-state index contributed by atoms with van der Waals surface area (Å²) >= 11 is 0. The number of carboxylic acid groups (broad SMARTS) is 1. The predicted octanol–water partition coefficient (Wildman–Crippen LogP) is 6.78. The van der Waals surface area contributed by atoms with Crippen molar-refractivity contribution in [1.29, 1.82) is 0 Å². The maximum atomic E-state index is 14.4. The van der Waals surface area contributed by atoms with Gasteiger partial charge in [-0.1, -0.05) is 43.3 Å². The normalized spacial score (nSPS) is 19.0. The third-order valence-electron chi connectivity index (χ3n) is 7.25. The van der Waals surface area contributed by atoms with E-state index in [2.05, 4.69) is 18.2 Å². The number of hydrogen-bond acceptors (Lipinski definition) is 3. The van der Waals surface area contributed by atoms with Crippen LogP contribution in [0.25, 0.3) is 11.1 Å². The summed E-state index contributed by atoms with van der Waals surface area (Å²) in [6, 6.07) is 18.8. The second kappa shape index (κ2) is 9.13. The van der Waals surface area contributed by atoms with E-state index in [-0.39, 0.29) is 17.8 Å². The van der Waals surface area contributed by atoms with Gasteiger partial charge in [-0.05, 0) is 84.0 Å². The highest BCUT2D eigenvalue weighted by Gasteiger charge is 2.39. The monoisotopic (exact) mass is 460 g/mol. The van der Waals surface area contributed by atoms with Crippen molar-refractivity contribution in [2.24, 2.45) is 11.8 Å². The first-order valence-corrected chi connectivity index (χ1v) is 11.9. The average Bonchev–Trinajstić information content (AvgIpc) is 3.69. The number of aryl methyl sites for hydroxylation is 1. The number of hydrogen-bond donors (Lipinski definition) is 1. The summed E-state index contributed by atoms with van der Waals surface area (Å²) in [7, 11) is 1.57. The number of methoxy groups -OCH3 is 1. The van der Waals surface area contributed by atoms with Crippen molar-refractivity contribution in [3.05, 3.63) is 83.2 Å². The van der Waals surface area contributed by atoms with Crippen molar-refractivity contribution < 1.29 is 23.8 Å². The molecule has 4 nitrogen and oxygen atoms in total. The number of carbonyl (C=O) groups is 1. The molecule has 1 N–H and O–H groups in total. The summed E-state index contributed by atoms with van der Waals surface area (Å²) in [4.78, 5) is 11.7. The molecule has 1 aliphatic heterocycles. The van der Waals surface area contributed by atoms with Crippen LogP contribution >= 0.6 is 0 Å². The number of rotatable bonds is 7. The van der Waals surface area contributed by atoms with Crippen molar-refractivity contribution in [3.63, 3.8) is 0 Å². The Kier molecular flexibility index (Phi) is 6.03. The molecule has 0 bridgehead atoms. The number of benzene rings is 3. The molecule has 3 atom stereocenters. The summed E-state index contributed by atoms with van der Waals surface area (Å²) < 4.78 is 26.0. The molecule has 0 saturated heterocycles. The van der Waals surface area contributed by atoms with Crippen LogP contribution in [0.4, 0.5) is 4.39 Å². The second-order valence-electron chi connectivity index (χ2n) is 9.47. The summed E-state index contributed by atoms with van der Waals surface area (Å²) in [6.45, 7) is 1.81. The second-order valence-corrected chi connectivity index (χ2v) is 9.47. The molecule has 0 spiro atoms. The molecule has 3 aromatic carbocycles. The molecule has 0 amide bonds. The Bertz CT molecular complexity index is 1200. The number of carboxylic acids is 1. The van der Waals surface area contributed by atoms with E-state index in [4.69, 9.17) is 9.47 Å². The fourth-order valence-corrected chi connectivity index (χ4v) is 5.14. The summed E-state index contributed by atoms with van der Waals surface area (Å²) in [6.07, 6.45) is 3.83. The van der Waals surface area contributed by atoms with Gasteiger partial charge in [-0.15, -0.1) is 0 Å². The Morgan fingerprint density at radius 2 is 1.82 bits per heavy atom. The molecule has 1 aliphatic carbocycles. The Morgan fingerprint density at radius 1 is 1.06 bits per heavy atom. The molecule has 0 radical (unpaired) electrons. The van der Waals surface area contributed by atoms with Gasteiger partial charge in [0.05, 0.1) is 13.0 Å². The van der Waals surface area contributed by atoms with Crippen molar-refractivity contribution >= 4 is 5.97 Å². The van der Waals surface area contributed by atoms with E-state index < -0.39 is 11.9 Å². The molecule has 5 rings (SSSR count). The lowest BCUT2D eigenvalue weighted by Gasteiger charge is -2.29. The van der Waals surface area contributed by atoms with Gasteiger partial charge < -0.3 is 14.6 Å². The Labute approximate surface area is 199 Å². The highest BCUT2D eigenvalue weighted by molar-refractivity contribution is 5.71. The minimum atomic E-state index is -0.749. The standard InChI is InChI=1S/C29H29FO4/c1-17(29(31)32)28(21-8-9-21)22-10-7-20-11-14-26(34-27(20)15-22)19-5-3-18(4-6-19)24-16-23(33-2)12-13-25(24)30/h3-7,10,12-13,15-17,21,26,28H,8-9,11,14H2,1-2H3,(H,31,32)/t17-,26?,28+/m1/s1. The van der Waals surface area contributed by atoms with Crippen LogP contribution in [-0.4, -0.2) is 18.2 Å². The van der Waals surface area contributed by atoms with Crippen LogP contribution in [0.2, 0.25) is 0 Å². The van der Waals surface area contributed by atoms with Crippen LogP contribution in [-0.2, 0) is 11.2 Å². The predicted molar refractivity (Wildman–Crippen MR) is 129 cm³/mol. The highest BCUT2D eigenvalue weighted by Crippen LogP contribution is 2.48. The lowest BCUT2D eigenvalue weighted by molar-refractivity contribution is -0.142. The van der Waals surface area contributed by atoms with Crippen LogP contribution in [0.15, 0.2) is 60.7 Å². The Morgan fingerprint density at radius 3 is 2.50 bits per heavy atom. The van der Waals surface area contributed by atoms with Gasteiger partial charge in [-0.3, -0.25) is 4.79 Å². The molecule has 5 heteroatoms. The van der Waals surface area contributed by atoms with Gasteiger partial charge in [0.15, 0.2) is 0 Å². The van der Waals surface area contributed by atoms with E-state index in [0.717, 1.165) is 53.7 Å². The van der Waals surface area contributed by atoms with Crippen molar-refractivity contribution in [2.45, 2.75) is 44.6 Å². The van der Waals surface area contributed by atoms with Gasteiger partial charge in [0.1, 0.15) is 23.4 Å². The zero-order valence-corrected chi connectivity index (χ0v) is 19.5. The van der Waals surface area contributed by atoms with E-state index in [1.807, 2.05) is 24.3 Å². The van der Waals surface area contributed by atoms with Crippen molar-refractivity contribution in [3.8, 4) is 22.6 Å². The van der Waals surface area contributed by atoms with Gasteiger partial charge in [-0.25, -0.2) is 4.39 Å². The van der Waals surface area contributed by atoms with Crippen LogP contribution in [0, 0.1) is 17.7 Å². The van der Waals surface area contributed by atoms with Gasteiger partial charge >= 0.3 is 5.97 Å². The molecule has 1 fully saturated rings. The largest absolute Gasteiger partial charge is 0.497 e. The van der Waals surface area contributed by atoms with E-state index >= 15 is 0 Å². The summed E-state index contributed by atoms with van der Waals surface area (Å²) in [5.74, 6) is 0.460. The number of halogens is 1. The molecule has 3 aromatic rings. The number of fused-ring (bicyclic) bond motifs is 1. The number of aliphatic carboxylic acids is 1. The van der Waals surface area contributed by atoms with Gasteiger partial charge in [0.25, 0.3) is 0 Å². The fraction of sp³-hybridized carbons (Fsp3) is 0.345. The topological polar surface area (TPSA) is 55.8 Å². The zero-order valence-electron chi connectivity index (χ0n) is 19.5. The maximum Gasteiger partial charge on any atom is 0.306 e.